The van der Waals surface area contributed by atoms with Crippen LogP contribution in [0.5, 0.6) is 0 Å². The van der Waals surface area contributed by atoms with Crippen LogP contribution in [0.4, 0.5) is 5.82 Å². The minimum atomic E-state index is -0.119. The Kier molecular flexibility index (Phi) is 5.53. The Morgan fingerprint density at radius 2 is 1.83 bits per heavy atom. The van der Waals surface area contributed by atoms with E-state index in [1.54, 1.807) is 7.11 Å². The van der Waals surface area contributed by atoms with Crippen LogP contribution in [0.15, 0.2) is 4.47 Å². The number of anilines is 1. The van der Waals surface area contributed by atoms with Crippen LogP contribution < -0.4 is 5.73 Å². The SMILES string of the molecule is COC(c1nc(N)c(Br)c(CC(C)C)n1)C(C)C. The molecule has 0 fully saturated rings. The van der Waals surface area contributed by atoms with Gasteiger partial charge in [-0.3, -0.25) is 0 Å². The lowest BCUT2D eigenvalue weighted by atomic mass is 10.1. The van der Waals surface area contributed by atoms with E-state index >= 15 is 0 Å². The van der Waals surface area contributed by atoms with Crippen molar-refractivity contribution in [3.63, 3.8) is 0 Å². The van der Waals surface area contributed by atoms with E-state index in [1.807, 2.05) is 0 Å². The molecule has 1 heterocycles. The van der Waals surface area contributed by atoms with Gasteiger partial charge in [0.1, 0.15) is 11.9 Å². The molecule has 0 saturated carbocycles. The Morgan fingerprint density at radius 3 is 2.28 bits per heavy atom. The molecule has 0 radical (unpaired) electrons. The fourth-order valence-electron chi connectivity index (χ4n) is 1.86. The lowest BCUT2D eigenvalue weighted by molar-refractivity contribution is 0.0573. The standard InChI is InChI=1S/C13H22BrN3O/c1-7(2)6-9-10(14)12(15)17-13(16-9)11(18-5)8(3)4/h7-8,11H,6H2,1-5H3,(H2,15,16,17). The first-order chi connectivity index (χ1) is 8.36. The first kappa shape index (κ1) is 15.4. The van der Waals surface area contributed by atoms with Gasteiger partial charge in [-0.25, -0.2) is 9.97 Å². The van der Waals surface area contributed by atoms with Gasteiger partial charge in [0.2, 0.25) is 0 Å². The van der Waals surface area contributed by atoms with Gasteiger partial charge in [-0.1, -0.05) is 27.7 Å². The number of hydrogen-bond donors (Lipinski definition) is 1. The number of ether oxygens (including phenoxy) is 1. The van der Waals surface area contributed by atoms with Gasteiger partial charge in [0, 0.05) is 7.11 Å². The maximum atomic E-state index is 5.94. The number of methoxy groups -OCH3 is 1. The fourth-order valence-corrected chi connectivity index (χ4v) is 2.20. The highest BCUT2D eigenvalue weighted by atomic mass is 79.9. The third-order valence-corrected chi connectivity index (χ3v) is 3.54. The van der Waals surface area contributed by atoms with Crippen LogP contribution in [0.1, 0.15) is 45.3 Å². The molecule has 0 aromatic carbocycles. The summed E-state index contributed by atoms with van der Waals surface area (Å²) in [6.07, 6.45) is 0.751. The van der Waals surface area contributed by atoms with Crippen LogP contribution in [0.25, 0.3) is 0 Å². The molecule has 102 valence electrons. The molecule has 0 aliphatic heterocycles. The lowest BCUT2D eigenvalue weighted by Crippen LogP contribution is -2.16. The minimum absolute atomic E-state index is 0.119. The highest BCUT2D eigenvalue weighted by Crippen LogP contribution is 2.28. The molecule has 1 aromatic heterocycles. The number of halogens is 1. The van der Waals surface area contributed by atoms with E-state index in [0.717, 1.165) is 16.6 Å². The molecule has 0 amide bonds. The molecule has 0 aliphatic rings. The smallest absolute Gasteiger partial charge is 0.160 e. The molecule has 18 heavy (non-hydrogen) atoms. The van der Waals surface area contributed by atoms with Gasteiger partial charge >= 0.3 is 0 Å². The number of nitrogens with two attached hydrogens (primary N) is 1. The van der Waals surface area contributed by atoms with Gasteiger partial charge in [0.15, 0.2) is 5.82 Å². The zero-order valence-corrected chi connectivity index (χ0v) is 13.3. The molecule has 4 nitrogen and oxygen atoms in total. The van der Waals surface area contributed by atoms with Gasteiger partial charge in [0.25, 0.3) is 0 Å². The predicted octanol–water partition coefficient (Wildman–Crippen LogP) is 3.36. The van der Waals surface area contributed by atoms with Crippen molar-refractivity contribution in [2.75, 3.05) is 12.8 Å². The monoisotopic (exact) mass is 315 g/mol. The van der Waals surface area contributed by atoms with Crippen molar-refractivity contribution in [3.8, 4) is 0 Å². The molecule has 0 spiro atoms. The number of hydrogen-bond acceptors (Lipinski definition) is 4. The van der Waals surface area contributed by atoms with E-state index in [9.17, 15) is 0 Å². The maximum absolute atomic E-state index is 5.94. The molecule has 2 N–H and O–H groups in total. The molecule has 1 aromatic rings. The highest BCUT2D eigenvalue weighted by Gasteiger charge is 2.21. The number of nitrogen functional groups attached to an aromatic ring is 1. The Hall–Kier alpha value is -0.680. The Morgan fingerprint density at radius 1 is 1.22 bits per heavy atom. The van der Waals surface area contributed by atoms with Crippen LogP contribution in [0, 0.1) is 11.8 Å². The van der Waals surface area contributed by atoms with Gasteiger partial charge in [0.05, 0.1) is 10.2 Å². The van der Waals surface area contributed by atoms with Gasteiger partial charge < -0.3 is 10.5 Å². The van der Waals surface area contributed by atoms with Crippen molar-refractivity contribution in [1.82, 2.24) is 9.97 Å². The van der Waals surface area contributed by atoms with E-state index in [2.05, 4.69) is 53.6 Å². The third-order valence-electron chi connectivity index (χ3n) is 2.68. The summed E-state index contributed by atoms with van der Waals surface area (Å²) in [5.41, 5.74) is 6.89. The highest BCUT2D eigenvalue weighted by molar-refractivity contribution is 9.10. The van der Waals surface area contributed by atoms with Crippen LogP contribution in [-0.2, 0) is 11.2 Å². The van der Waals surface area contributed by atoms with E-state index in [4.69, 9.17) is 10.5 Å². The minimum Gasteiger partial charge on any atom is -0.383 e. The second-order valence-electron chi connectivity index (χ2n) is 5.23. The zero-order valence-electron chi connectivity index (χ0n) is 11.7. The summed E-state index contributed by atoms with van der Waals surface area (Å²) in [4.78, 5) is 8.93. The first-order valence-corrected chi connectivity index (χ1v) is 7.00. The van der Waals surface area contributed by atoms with E-state index in [1.165, 1.54) is 0 Å². The van der Waals surface area contributed by atoms with Crippen molar-refractivity contribution in [1.29, 1.82) is 0 Å². The normalized spacial score (nSPS) is 13.3. The fraction of sp³-hybridized carbons (Fsp3) is 0.692. The summed E-state index contributed by atoms with van der Waals surface area (Å²) in [7, 11) is 1.67. The molecule has 1 atom stereocenters. The Balaban J connectivity index is 3.18. The second-order valence-corrected chi connectivity index (χ2v) is 6.02. The largest absolute Gasteiger partial charge is 0.383 e. The molecule has 0 bridgehead atoms. The lowest BCUT2D eigenvalue weighted by Gasteiger charge is -2.19. The van der Waals surface area contributed by atoms with Crippen LogP contribution in [0.2, 0.25) is 0 Å². The summed E-state index contributed by atoms with van der Waals surface area (Å²) in [6, 6.07) is 0. The van der Waals surface area contributed by atoms with Crippen molar-refractivity contribution in [3.05, 3.63) is 16.0 Å². The summed E-state index contributed by atoms with van der Waals surface area (Å²) in [5, 5.41) is 0. The Bertz CT molecular complexity index is 407. The number of nitrogens with zero attached hydrogens (tertiary/aromatic N) is 2. The molecule has 1 rings (SSSR count). The van der Waals surface area contributed by atoms with Crippen LogP contribution in [0.3, 0.4) is 0 Å². The summed E-state index contributed by atoms with van der Waals surface area (Å²) < 4.78 is 6.26. The molecular formula is C13H22BrN3O. The zero-order chi connectivity index (χ0) is 13.9. The van der Waals surface area contributed by atoms with Crippen molar-refractivity contribution >= 4 is 21.7 Å². The van der Waals surface area contributed by atoms with E-state index in [0.29, 0.717) is 23.5 Å². The summed E-state index contributed by atoms with van der Waals surface area (Å²) in [5.74, 6) is 1.98. The average molecular weight is 316 g/mol. The summed E-state index contributed by atoms with van der Waals surface area (Å²) >= 11 is 3.46. The first-order valence-electron chi connectivity index (χ1n) is 6.21. The van der Waals surface area contributed by atoms with Crippen LogP contribution >= 0.6 is 15.9 Å². The van der Waals surface area contributed by atoms with E-state index < -0.39 is 0 Å². The number of aromatic nitrogens is 2. The number of rotatable bonds is 5. The van der Waals surface area contributed by atoms with Gasteiger partial charge in [-0.15, -0.1) is 0 Å². The quantitative estimate of drug-likeness (QED) is 0.905. The van der Waals surface area contributed by atoms with Gasteiger partial charge in [-0.2, -0.15) is 0 Å². The topological polar surface area (TPSA) is 61.0 Å². The Labute approximate surface area is 117 Å². The third kappa shape index (κ3) is 3.65. The molecular weight excluding hydrogens is 294 g/mol. The molecule has 1 unspecified atom stereocenters. The van der Waals surface area contributed by atoms with E-state index in [-0.39, 0.29) is 6.10 Å². The predicted molar refractivity (Wildman–Crippen MR) is 77.3 cm³/mol. The van der Waals surface area contributed by atoms with Crippen molar-refractivity contribution < 1.29 is 4.74 Å². The molecule has 5 heteroatoms. The molecule has 0 aliphatic carbocycles. The molecule has 0 saturated heterocycles. The van der Waals surface area contributed by atoms with Gasteiger partial charge in [-0.05, 0) is 34.2 Å². The van der Waals surface area contributed by atoms with Crippen molar-refractivity contribution in [2.45, 2.75) is 40.2 Å². The summed E-state index contributed by atoms with van der Waals surface area (Å²) in [6.45, 7) is 8.47. The van der Waals surface area contributed by atoms with Crippen LogP contribution in [-0.4, -0.2) is 17.1 Å². The maximum Gasteiger partial charge on any atom is 0.160 e. The van der Waals surface area contributed by atoms with Crippen molar-refractivity contribution in [2.24, 2.45) is 11.8 Å². The second kappa shape index (κ2) is 6.48. The average Bonchev–Trinajstić information content (AvgIpc) is 2.24.